The van der Waals surface area contributed by atoms with Gasteiger partial charge in [0.2, 0.25) is 11.8 Å². The van der Waals surface area contributed by atoms with E-state index in [1.807, 2.05) is 0 Å². The maximum atomic E-state index is 11.1. The summed E-state index contributed by atoms with van der Waals surface area (Å²) in [5, 5.41) is 43.2. The molecular formula is C20H38N2O12. The number of amides is 2. The van der Waals surface area contributed by atoms with Crippen LogP contribution in [0.5, 0.6) is 0 Å². The van der Waals surface area contributed by atoms with Gasteiger partial charge in [-0.15, -0.1) is 0 Å². The molecule has 0 aromatic heterocycles. The van der Waals surface area contributed by atoms with Crippen LogP contribution in [-0.4, -0.2) is 135 Å². The molecule has 2 saturated heterocycles. The molecule has 14 nitrogen and oxygen atoms in total. The smallest absolute Gasteiger partial charge is 0.217 e. The van der Waals surface area contributed by atoms with Crippen molar-refractivity contribution in [3.63, 3.8) is 0 Å². The number of carbonyl (C=O) groups is 2. The van der Waals surface area contributed by atoms with E-state index in [1.165, 1.54) is 42.3 Å². The number of rotatable bonds is 8. The second-order valence-electron chi connectivity index (χ2n) is 7.76. The summed E-state index contributed by atoms with van der Waals surface area (Å²) in [5.74, 6) is -0.560. The van der Waals surface area contributed by atoms with Crippen LogP contribution < -0.4 is 10.6 Å². The molecule has 10 atom stereocenters. The first kappa shape index (κ1) is 30.6. The first-order valence-electron chi connectivity index (χ1n) is 10.6. The molecule has 6 N–H and O–H groups in total. The van der Waals surface area contributed by atoms with E-state index in [9.17, 15) is 19.8 Å². The van der Waals surface area contributed by atoms with Crippen molar-refractivity contribution in [2.75, 3.05) is 41.7 Å². The second-order valence-corrected chi connectivity index (χ2v) is 7.76. The largest absolute Gasteiger partial charge is 0.394 e. The van der Waals surface area contributed by atoms with Gasteiger partial charge in [-0.1, -0.05) is 0 Å². The van der Waals surface area contributed by atoms with Crippen molar-refractivity contribution in [2.24, 2.45) is 0 Å². The van der Waals surface area contributed by atoms with Gasteiger partial charge in [-0.2, -0.15) is 0 Å². The van der Waals surface area contributed by atoms with Crippen molar-refractivity contribution in [3.05, 3.63) is 0 Å². The zero-order chi connectivity index (χ0) is 26.0. The summed E-state index contributed by atoms with van der Waals surface area (Å²) in [4.78, 5) is 22.2. The number of aliphatic hydroxyl groups excluding tert-OH is 4. The van der Waals surface area contributed by atoms with E-state index in [4.69, 9.17) is 38.6 Å². The molecular weight excluding hydrogens is 460 g/mol. The summed E-state index contributed by atoms with van der Waals surface area (Å²) in [7, 11) is 5.65. The van der Waals surface area contributed by atoms with E-state index in [0.717, 1.165) is 0 Å². The quantitative estimate of drug-likeness (QED) is 0.193. The summed E-state index contributed by atoms with van der Waals surface area (Å²) in [6.45, 7) is 2.00. The predicted molar refractivity (Wildman–Crippen MR) is 114 cm³/mol. The lowest BCUT2D eigenvalue weighted by molar-refractivity contribution is -0.266. The summed E-state index contributed by atoms with van der Waals surface area (Å²) in [6, 6.07) is -1.25. The van der Waals surface area contributed by atoms with Crippen molar-refractivity contribution < 1.29 is 58.4 Å². The highest BCUT2D eigenvalue weighted by atomic mass is 16.7. The minimum Gasteiger partial charge on any atom is -0.394 e. The Morgan fingerprint density at radius 1 is 0.706 bits per heavy atom. The molecule has 0 aliphatic carbocycles. The summed E-state index contributed by atoms with van der Waals surface area (Å²) in [5.41, 5.74) is 0. The molecule has 14 heteroatoms. The summed E-state index contributed by atoms with van der Waals surface area (Å²) < 4.78 is 31.1. The number of aliphatic hydroxyl groups is 4. The lowest BCUT2D eigenvalue weighted by Crippen LogP contribution is -2.64. The van der Waals surface area contributed by atoms with E-state index in [2.05, 4.69) is 10.6 Å². The molecule has 2 aliphatic heterocycles. The number of hydrogen-bond acceptors (Lipinski definition) is 12. The Morgan fingerprint density at radius 2 is 1.03 bits per heavy atom. The van der Waals surface area contributed by atoms with Crippen LogP contribution in [0.4, 0.5) is 0 Å². The van der Waals surface area contributed by atoms with E-state index < -0.39 is 61.3 Å². The van der Waals surface area contributed by atoms with Gasteiger partial charge < -0.3 is 59.5 Å². The van der Waals surface area contributed by atoms with Gasteiger partial charge in [0, 0.05) is 42.3 Å². The van der Waals surface area contributed by atoms with Crippen LogP contribution in [-0.2, 0) is 38.0 Å². The van der Waals surface area contributed by atoms with E-state index in [1.54, 1.807) is 0 Å². The van der Waals surface area contributed by atoms with E-state index >= 15 is 0 Å². The Kier molecular flexibility index (Phi) is 13.3. The highest BCUT2D eigenvalue weighted by Crippen LogP contribution is 2.24. The van der Waals surface area contributed by atoms with Gasteiger partial charge in [0.1, 0.15) is 48.7 Å². The van der Waals surface area contributed by atoms with Gasteiger partial charge in [0.15, 0.2) is 12.6 Å². The molecule has 2 aliphatic rings. The Hall–Kier alpha value is -1.46. The Labute approximate surface area is 198 Å². The number of carbonyl (C=O) groups excluding carboxylic acids is 2. The Morgan fingerprint density at radius 3 is 1.24 bits per heavy atom. The fraction of sp³-hybridized carbons (Fsp3) is 0.900. The van der Waals surface area contributed by atoms with Crippen LogP contribution in [0, 0.1) is 0 Å². The average molecular weight is 499 g/mol. The minimum absolute atomic E-state index is 0.280. The Bertz CT molecular complexity index is 574. The maximum Gasteiger partial charge on any atom is 0.217 e. The fourth-order valence-electron chi connectivity index (χ4n) is 3.88. The number of ether oxygens (including phenoxy) is 6. The predicted octanol–water partition coefficient (Wildman–Crippen LogP) is -3.54. The summed E-state index contributed by atoms with van der Waals surface area (Å²) >= 11 is 0. The lowest BCUT2D eigenvalue weighted by atomic mass is 9.96. The SMILES string of the molecule is COC1OC(CO)C(O)C(OC)C1NC(C)=O.COC1OC(CO)C(O)C(OC)C1NC(C)=O. The average Bonchev–Trinajstić information content (AvgIpc) is 2.79. The Balaban J connectivity index is 0.000000340. The molecule has 2 amide bonds. The first-order chi connectivity index (χ1) is 16.1. The molecule has 200 valence electrons. The van der Waals surface area contributed by atoms with Gasteiger partial charge in [0.25, 0.3) is 0 Å². The minimum atomic E-state index is -1.03. The second kappa shape index (κ2) is 14.8. The van der Waals surface area contributed by atoms with E-state index in [0.29, 0.717) is 0 Å². The van der Waals surface area contributed by atoms with Crippen molar-refractivity contribution >= 4 is 11.8 Å². The van der Waals surface area contributed by atoms with Gasteiger partial charge in [-0.3, -0.25) is 9.59 Å². The molecule has 10 unspecified atom stereocenters. The van der Waals surface area contributed by atoms with Gasteiger partial charge in [-0.05, 0) is 0 Å². The molecule has 0 aromatic carbocycles. The third kappa shape index (κ3) is 7.78. The number of methoxy groups -OCH3 is 4. The van der Waals surface area contributed by atoms with Crippen molar-refractivity contribution in [1.82, 2.24) is 10.6 Å². The number of hydrogen-bond donors (Lipinski definition) is 6. The lowest BCUT2D eigenvalue weighted by Gasteiger charge is -2.43. The fourth-order valence-corrected chi connectivity index (χ4v) is 3.88. The zero-order valence-electron chi connectivity index (χ0n) is 20.2. The highest BCUT2D eigenvalue weighted by molar-refractivity contribution is 5.73. The molecule has 34 heavy (non-hydrogen) atoms. The molecule has 0 radical (unpaired) electrons. The summed E-state index contributed by atoms with van der Waals surface area (Å²) in [6.07, 6.45) is -6.61. The van der Waals surface area contributed by atoms with E-state index in [-0.39, 0.29) is 25.0 Å². The van der Waals surface area contributed by atoms with Crippen molar-refractivity contribution in [3.8, 4) is 0 Å². The molecule has 2 rings (SSSR count). The van der Waals surface area contributed by atoms with Crippen LogP contribution in [0.25, 0.3) is 0 Å². The number of nitrogens with one attached hydrogen (secondary N) is 2. The van der Waals surface area contributed by atoms with Crippen LogP contribution in [0.15, 0.2) is 0 Å². The third-order valence-corrected chi connectivity index (χ3v) is 5.46. The molecule has 2 fully saturated rings. The monoisotopic (exact) mass is 498 g/mol. The van der Waals surface area contributed by atoms with Gasteiger partial charge in [-0.25, -0.2) is 0 Å². The topological polar surface area (TPSA) is 194 Å². The highest BCUT2D eigenvalue weighted by Gasteiger charge is 2.47. The molecule has 0 aromatic rings. The maximum absolute atomic E-state index is 11.1. The van der Waals surface area contributed by atoms with Crippen LogP contribution in [0.1, 0.15) is 13.8 Å². The molecule has 0 saturated carbocycles. The van der Waals surface area contributed by atoms with Crippen molar-refractivity contribution in [2.45, 2.75) is 75.1 Å². The molecule has 0 spiro atoms. The molecule has 2 heterocycles. The van der Waals surface area contributed by atoms with Crippen molar-refractivity contribution in [1.29, 1.82) is 0 Å². The van der Waals surface area contributed by atoms with Gasteiger partial charge >= 0.3 is 0 Å². The van der Waals surface area contributed by atoms with Crippen LogP contribution in [0.3, 0.4) is 0 Å². The third-order valence-electron chi connectivity index (χ3n) is 5.46. The zero-order valence-corrected chi connectivity index (χ0v) is 20.2. The van der Waals surface area contributed by atoms with Gasteiger partial charge in [0.05, 0.1) is 13.2 Å². The molecule has 0 bridgehead atoms. The van der Waals surface area contributed by atoms with Crippen LogP contribution in [0.2, 0.25) is 0 Å². The standard InChI is InChI=1S/2C10H19NO6/c2*1-5(13)11-7-9(15-2)8(14)6(4-12)17-10(7)16-3/h2*6-10,12,14H,4H2,1-3H3,(H,11,13). The van der Waals surface area contributed by atoms with Crippen LogP contribution >= 0.6 is 0 Å². The normalized spacial score (nSPS) is 37.8. The first-order valence-corrected chi connectivity index (χ1v) is 10.6.